The molecule has 2 aromatic rings. The molecule has 150 valence electrons. The third-order valence-electron chi connectivity index (χ3n) is 5.08. The van der Waals surface area contributed by atoms with Crippen molar-refractivity contribution in [1.29, 1.82) is 0 Å². The van der Waals surface area contributed by atoms with Gasteiger partial charge in [-0.3, -0.25) is 4.79 Å². The van der Waals surface area contributed by atoms with Crippen molar-refractivity contribution < 1.29 is 14.3 Å². The fourth-order valence-electron chi connectivity index (χ4n) is 3.62. The fourth-order valence-corrected chi connectivity index (χ4v) is 3.62. The molecule has 0 aliphatic heterocycles. The number of carbonyl (C=O) groups excluding carboxylic acids is 1. The number of benzene rings is 2. The highest BCUT2D eigenvalue weighted by Gasteiger charge is 2.21. The van der Waals surface area contributed by atoms with Gasteiger partial charge in [-0.1, -0.05) is 30.3 Å². The first-order valence-corrected chi connectivity index (χ1v) is 9.92. The number of methoxy groups -OCH3 is 1. The number of rotatable bonds is 8. The van der Waals surface area contributed by atoms with Crippen molar-refractivity contribution in [1.82, 2.24) is 10.2 Å². The van der Waals surface area contributed by atoms with Crippen LogP contribution in [0.25, 0.3) is 0 Å². The van der Waals surface area contributed by atoms with Gasteiger partial charge in [-0.05, 0) is 63.5 Å². The second kappa shape index (κ2) is 9.60. The Morgan fingerprint density at radius 1 is 1.11 bits per heavy atom. The Labute approximate surface area is 167 Å². The van der Waals surface area contributed by atoms with Gasteiger partial charge in [0.15, 0.2) is 11.5 Å². The van der Waals surface area contributed by atoms with Gasteiger partial charge in [0.1, 0.15) is 0 Å². The summed E-state index contributed by atoms with van der Waals surface area (Å²) in [5, 5.41) is 3.15. The molecule has 3 rings (SSSR count). The second-order valence-corrected chi connectivity index (χ2v) is 7.59. The quantitative estimate of drug-likeness (QED) is 0.748. The van der Waals surface area contributed by atoms with Crippen molar-refractivity contribution in [2.75, 3.05) is 27.7 Å². The number of ether oxygens (including phenoxy) is 2. The Kier molecular flexibility index (Phi) is 6.93. The fraction of sp³-hybridized carbons (Fsp3) is 0.435. The Balaban J connectivity index is 1.74. The van der Waals surface area contributed by atoms with E-state index in [1.54, 1.807) is 19.2 Å². The summed E-state index contributed by atoms with van der Waals surface area (Å²) in [6, 6.07) is 15.3. The molecule has 1 fully saturated rings. The zero-order chi connectivity index (χ0) is 19.9. The molecule has 1 unspecified atom stereocenters. The molecule has 1 aliphatic carbocycles. The first-order valence-electron chi connectivity index (χ1n) is 9.92. The second-order valence-electron chi connectivity index (χ2n) is 7.59. The first kappa shape index (κ1) is 20.2. The maximum atomic E-state index is 12.9. The number of carbonyl (C=O) groups is 1. The Hall–Kier alpha value is -2.53. The van der Waals surface area contributed by atoms with Gasteiger partial charge in [0.2, 0.25) is 0 Å². The van der Waals surface area contributed by atoms with E-state index in [9.17, 15) is 4.79 Å². The predicted molar refractivity (Wildman–Crippen MR) is 111 cm³/mol. The molecule has 0 heterocycles. The van der Waals surface area contributed by atoms with Gasteiger partial charge in [0.05, 0.1) is 19.3 Å². The average molecular weight is 383 g/mol. The first-order chi connectivity index (χ1) is 13.6. The highest BCUT2D eigenvalue weighted by molar-refractivity contribution is 5.95. The highest BCUT2D eigenvalue weighted by Crippen LogP contribution is 2.32. The van der Waals surface area contributed by atoms with E-state index in [0.29, 0.717) is 17.1 Å². The van der Waals surface area contributed by atoms with Crippen LogP contribution in [0, 0.1) is 0 Å². The zero-order valence-electron chi connectivity index (χ0n) is 17.0. The topological polar surface area (TPSA) is 50.8 Å². The van der Waals surface area contributed by atoms with Crippen molar-refractivity contribution >= 4 is 5.91 Å². The Morgan fingerprint density at radius 2 is 1.82 bits per heavy atom. The molecule has 1 atom stereocenters. The number of likely N-dealkylation sites (N-methyl/N-ethyl adjacent to an activating group) is 1. The monoisotopic (exact) mass is 382 g/mol. The van der Waals surface area contributed by atoms with Crippen molar-refractivity contribution in [2.45, 2.75) is 37.8 Å². The molecule has 1 amide bonds. The van der Waals surface area contributed by atoms with E-state index in [1.807, 2.05) is 50.5 Å². The number of amides is 1. The molecule has 5 heteroatoms. The van der Waals surface area contributed by atoms with Gasteiger partial charge in [0.25, 0.3) is 5.91 Å². The summed E-state index contributed by atoms with van der Waals surface area (Å²) in [5.41, 5.74) is 1.65. The summed E-state index contributed by atoms with van der Waals surface area (Å²) in [6.45, 7) is 0.718. The van der Waals surface area contributed by atoms with E-state index in [0.717, 1.165) is 24.9 Å². The van der Waals surface area contributed by atoms with Crippen LogP contribution in [0.1, 0.15) is 47.6 Å². The van der Waals surface area contributed by atoms with Crippen molar-refractivity contribution in [3.05, 3.63) is 59.7 Å². The minimum atomic E-state index is -0.124. The molecule has 5 nitrogen and oxygen atoms in total. The van der Waals surface area contributed by atoms with E-state index >= 15 is 0 Å². The molecule has 0 bridgehead atoms. The van der Waals surface area contributed by atoms with Gasteiger partial charge in [0, 0.05) is 12.1 Å². The maximum Gasteiger partial charge on any atom is 0.251 e. The zero-order valence-corrected chi connectivity index (χ0v) is 17.0. The van der Waals surface area contributed by atoms with Crippen LogP contribution in [0.4, 0.5) is 0 Å². The van der Waals surface area contributed by atoms with Gasteiger partial charge >= 0.3 is 0 Å². The predicted octanol–water partition coefficient (Wildman–Crippen LogP) is 4.05. The van der Waals surface area contributed by atoms with Crippen LogP contribution >= 0.6 is 0 Å². The van der Waals surface area contributed by atoms with Gasteiger partial charge in [-0.15, -0.1) is 0 Å². The van der Waals surface area contributed by atoms with Gasteiger partial charge in [-0.25, -0.2) is 0 Å². The molecular weight excluding hydrogens is 352 g/mol. The highest BCUT2D eigenvalue weighted by atomic mass is 16.5. The third-order valence-corrected chi connectivity index (χ3v) is 5.08. The Morgan fingerprint density at radius 3 is 2.46 bits per heavy atom. The minimum absolute atomic E-state index is 0.0934. The molecule has 1 saturated carbocycles. The molecule has 1 aliphatic rings. The van der Waals surface area contributed by atoms with Crippen LogP contribution in [0.15, 0.2) is 48.5 Å². The lowest BCUT2D eigenvalue weighted by Crippen LogP contribution is -2.35. The van der Waals surface area contributed by atoms with Crippen LogP contribution in [0.2, 0.25) is 0 Å². The summed E-state index contributed by atoms with van der Waals surface area (Å²) in [7, 11) is 5.61. The molecular formula is C23H30N2O3. The van der Waals surface area contributed by atoms with Crippen LogP contribution < -0.4 is 14.8 Å². The van der Waals surface area contributed by atoms with Crippen LogP contribution in [0.5, 0.6) is 11.5 Å². The summed E-state index contributed by atoms with van der Waals surface area (Å²) in [6.07, 6.45) is 4.82. The smallest absolute Gasteiger partial charge is 0.251 e. The van der Waals surface area contributed by atoms with E-state index in [1.165, 1.54) is 12.8 Å². The molecule has 0 saturated heterocycles. The van der Waals surface area contributed by atoms with E-state index in [4.69, 9.17) is 9.47 Å². The lowest BCUT2D eigenvalue weighted by molar-refractivity contribution is 0.0929. The third kappa shape index (κ3) is 5.26. The van der Waals surface area contributed by atoms with Crippen molar-refractivity contribution in [3.8, 4) is 11.5 Å². The standard InChI is InChI=1S/C23H30N2O3/c1-25(2)16-20(17-9-5-4-6-10-17)24-23(26)18-13-14-21(22(15-18)27-3)28-19-11-7-8-12-19/h4-6,9-10,13-15,19-20H,7-8,11-12,16H2,1-3H3,(H,24,26). The number of hydrogen-bond donors (Lipinski definition) is 1. The summed E-state index contributed by atoms with van der Waals surface area (Å²) < 4.78 is 11.6. The van der Waals surface area contributed by atoms with Crippen LogP contribution in [-0.4, -0.2) is 44.7 Å². The van der Waals surface area contributed by atoms with Gasteiger partial charge in [-0.2, -0.15) is 0 Å². The summed E-state index contributed by atoms with van der Waals surface area (Å²) in [4.78, 5) is 15.0. The maximum absolute atomic E-state index is 12.9. The van der Waals surface area contributed by atoms with E-state index in [-0.39, 0.29) is 18.1 Å². The minimum Gasteiger partial charge on any atom is -0.493 e. The average Bonchev–Trinajstić information content (AvgIpc) is 3.21. The molecule has 28 heavy (non-hydrogen) atoms. The SMILES string of the molecule is COc1cc(C(=O)NC(CN(C)C)c2ccccc2)ccc1OC1CCCC1. The summed E-state index contributed by atoms with van der Waals surface area (Å²) >= 11 is 0. The lowest BCUT2D eigenvalue weighted by Gasteiger charge is -2.23. The normalized spacial score (nSPS) is 15.4. The van der Waals surface area contributed by atoms with Crippen LogP contribution in [0.3, 0.4) is 0 Å². The number of nitrogens with zero attached hydrogens (tertiary/aromatic N) is 1. The molecule has 0 aromatic heterocycles. The van der Waals surface area contributed by atoms with E-state index < -0.39 is 0 Å². The molecule has 1 N–H and O–H groups in total. The van der Waals surface area contributed by atoms with Gasteiger partial charge < -0.3 is 19.7 Å². The number of hydrogen-bond acceptors (Lipinski definition) is 4. The molecule has 0 spiro atoms. The molecule has 0 radical (unpaired) electrons. The number of nitrogens with one attached hydrogen (secondary N) is 1. The molecule has 2 aromatic carbocycles. The lowest BCUT2D eigenvalue weighted by atomic mass is 10.1. The Bertz CT molecular complexity index is 771. The van der Waals surface area contributed by atoms with E-state index in [2.05, 4.69) is 10.2 Å². The van der Waals surface area contributed by atoms with Crippen molar-refractivity contribution in [2.24, 2.45) is 0 Å². The van der Waals surface area contributed by atoms with Crippen LogP contribution in [-0.2, 0) is 0 Å². The van der Waals surface area contributed by atoms with Crippen molar-refractivity contribution in [3.63, 3.8) is 0 Å². The summed E-state index contributed by atoms with van der Waals surface area (Å²) in [5.74, 6) is 1.18. The largest absolute Gasteiger partial charge is 0.493 e.